The molecule has 0 fully saturated rings. The topological polar surface area (TPSA) is 95.6 Å². The van der Waals surface area contributed by atoms with Crippen molar-refractivity contribution in [2.24, 2.45) is 0 Å². The fraction of sp³-hybridized carbons (Fsp3) is 0.231. The Balaban J connectivity index is 1.60. The predicted molar refractivity (Wildman–Crippen MR) is 132 cm³/mol. The van der Waals surface area contributed by atoms with E-state index in [1.807, 2.05) is 6.07 Å². The van der Waals surface area contributed by atoms with Crippen molar-refractivity contribution in [1.29, 1.82) is 0 Å². The van der Waals surface area contributed by atoms with Crippen molar-refractivity contribution in [2.75, 3.05) is 16.8 Å². The third-order valence-electron chi connectivity index (χ3n) is 5.97. The predicted octanol–water partition coefficient (Wildman–Crippen LogP) is 3.57. The quantitative estimate of drug-likeness (QED) is 0.524. The Morgan fingerprint density at radius 1 is 1.06 bits per heavy atom. The number of aryl methyl sites for hydroxylation is 1. The van der Waals surface area contributed by atoms with Gasteiger partial charge in [0.1, 0.15) is 11.9 Å². The summed E-state index contributed by atoms with van der Waals surface area (Å²) in [5, 5.41) is 2.61. The first-order chi connectivity index (χ1) is 16.6. The lowest BCUT2D eigenvalue weighted by Gasteiger charge is -2.20. The van der Waals surface area contributed by atoms with E-state index in [0.717, 1.165) is 11.1 Å². The van der Waals surface area contributed by atoms with Crippen LogP contribution >= 0.6 is 0 Å². The maximum Gasteiger partial charge on any atom is 0.242 e. The van der Waals surface area contributed by atoms with Crippen LogP contribution in [0.4, 0.5) is 15.8 Å². The summed E-state index contributed by atoms with van der Waals surface area (Å²) in [6.45, 7) is 3.57. The molecule has 0 bridgehead atoms. The molecule has 1 aliphatic heterocycles. The molecule has 2 amide bonds. The first-order valence-electron chi connectivity index (χ1n) is 11.2. The summed E-state index contributed by atoms with van der Waals surface area (Å²) in [5.41, 5.74) is 2.87. The summed E-state index contributed by atoms with van der Waals surface area (Å²) in [4.78, 5) is 26.5. The van der Waals surface area contributed by atoms with Gasteiger partial charge in [-0.25, -0.2) is 12.8 Å². The molecular formula is C26H26FN3O4S. The third kappa shape index (κ3) is 5.58. The molecule has 0 saturated heterocycles. The van der Waals surface area contributed by atoms with Crippen LogP contribution in [-0.2, 0) is 32.5 Å². The van der Waals surface area contributed by atoms with Crippen molar-refractivity contribution >= 4 is 33.2 Å². The Bertz CT molecular complexity index is 1380. The number of rotatable bonds is 7. The second kappa shape index (κ2) is 9.97. The fourth-order valence-electron chi connectivity index (χ4n) is 4.07. The average molecular weight is 496 g/mol. The van der Waals surface area contributed by atoms with Crippen LogP contribution in [0.25, 0.3) is 0 Å². The Kier molecular flexibility index (Phi) is 7.00. The Morgan fingerprint density at radius 2 is 1.80 bits per heavy atom. The summed E-state index contributed by atoms with van der Waals surface area (Å²) in [6.07, 6.45) is 0.647. The van der Waals surface area contributed by atoms with Gasteiger partial charge in [-0.3, -0.25) is 9.59 Å². The Morgan fingerprint density at radius 3 is 2.49 bits per heavy atom. The molecule has 9 heteroatoms. The highest BCUT2D eigenvalue weighted by atomic mass is 32.2. The van der Waals surface area contributed by atoms with Crippen LogP contribution in [0.15, 0.2) is 71.6 Å². The van der Waals surface area contributed by atoms with E-state index < -0.39 is 27.8 Å². The molecule has 182 valence electrons. The number of carbonyl (C=O) groups is 2. The summed E-state index contributed by atoms with van der Waals surface area (Å²) >= 11 is 0. The van der Waals surface area contributed by atoms with Crippen LogP contribution in [0.2, 0.25) is 0 Å². The summed E-state index contributed by atoms with van der Waals surface area (Å²) < 4.78 is 43.0. The molecular weight excluding hydrogens is 469 g/mol. The first-order valence-corrected chi connectivity index (χ1v) is 12.7. The third-order valence-corrected chi connectivity index (χ3v) is 7.44. The van der Waals surface area contributed by atoms with Crippen LogP contribution in [0.1, 0.15) is 23.6 Å². The zero-order valence-corrected chi connectivity index (χ0v) is 20.2. The number of benzene rings is 3. The van der Waals surface area contributed by atoms with Crippen LogP contribution in [0.3, 0.4) is 0 Å². The average Bonchev–Trinajstić information content (AvgIpc) is 3.25. The molecule has 7 nitrogen and oxygen atoms in total. The van der Waals surface area contributed by atoms with E-state index in [1.54, 1.807) is 48.2 Å². The number of nitrogens with one attached hydrogen (secondary N) is 2. The number of anilines is 2. The molecule has 0 spiro atoms. The van der Waals surface area contributed by atoms with Crippen molar-refractivity contribution in [2.45, 2.75) is 37.6 Å². The summed E-state index contributed by atoms with van der Waals surface area (Å²) in [7, 11) is -4.08. The number of sulfonamides is 1. The molecule has 35 heavy (non-hydrogen) atoms. The van der Waals surface area contributed by atoms with Gasteiger partial charge in [0.15, 0.2) is 0 Å². The van der Waals surface area contributed by atoms with Crippen molar-refractivity contribution < 1.29 is 22.4 Å². The van der Waals surface area contributed by atoms with Crippen LogP contribution < -0.4 is 14.9 Å². The van der Waals surface area contributed by atoms with E-state index in [9.17, 15) is 22.4 Å². The Labute approximate surface area is 204 Å². The molecule has 0 aromatic heterocycles. The summed E-state index contributed by atoms with van der Waals surface area (Å²) in [5.74, 6) is -1.19. The maximum atomic E-state index is 14.0. The van der Waals surface area contributed by atoms with Gasteiger partial charge >= 0.3 is 0 Å². The van der Waals surface area contributed by atoms with E-state index in [0.29, 0.717) is 24.2 Å². The second-order valence-electron chi connectivity index (χ2n) is 8.53. The number of fused-ring (bicyclic) bond motifs is 1. The standard InChI is InChI=1S/C26H26FN3O4S/c1-17-8-9-21(16-23(17)27)28-26(32)24(14-19-6-4-3-5-7-19)29-35(33,34)22-10-11-25-20(15-22)12-13-30(25)18(2)31/h3-11,15-16,24,29H,12-14H2,1-2H3,(H,28,32)/t24-/m0/s1. The zero-order chi connectivity index (χ0) is 25.2. The van der Waals surface area contributed by atoms with Crippen molar-refractivity contribution in [3.8, 4) is 0 Å². The highest BCUT2D eigenvalue weighted by Crippen LogP contribution is 2.30. The van der Waals surface area contributed by atoms with E-state index in [1.165, 1.54) is 31.2 Å². The molecule has 0 radical (unpaired) electrons. The van der Waals surface area contributed by atoms with Gasteiger partial charge < -0.3 is 10.2 Å². The molecule has 1 aliphatic rings. The smallest absolute Gasteiger partial charge is 0.242 e. The van der Waals surface area contributed by atoms with Crippen molar-refractivity contribution in [3.63, 3.8) is 0 Å². The minimum Gasteiger partial charge on any atom is -0.325 e. The molecule has 4 rings (SSSR count). The lowest BCUT2D eigenvalue weighted by atomic mass is 10.1. The number of halogens is 1. The van der Waals surface area contributed by atoms with Crippen LogP contribution in [-0.4, -0.2) is 32.8 Å². The van der Waals surface area contributed by atoms with Crippen LogP contribution in [0, 0.1) is 12.7 Å². The lowest BCUT2D eigenvalue weighted by Crippen LogP contribution is -2.45. The van der Waals surface area contributed by atoms with Gasteiger partial charge in [-0.15, -0.1) is 0 Å². The summed E-state index contributed by atoms with van der Waals surface area (Å²) in [6, 6.07) is 16.7. The van der Waals surface area contributed by atoms with Gasteiger partial charge in [0.25, 0.3) is 0 Å². The van der Waals surface area contributed by atoms with Gasteiger partial charge in [0, 0.05) is 24.8 Å². The number of hydrogen-bond acceptors (Lipinski definition) is 4. The first kappa shape index (κ1) is 24.6. The van der Waals surface area contributed by atoms with Gasteiger partial charge in [0.2, 0.25) is 21.8 Å². The largest absolute Gasteiger partial charge is 0.325 e. The minimum absolute atomic E-state index is 0.00824. The highest BCUT2D eigenvalue weighted by Gasteiger charge is 2.29. The van der Waals surface area contributed by atoms with E-state index in [4.69, 9.17) is 0 Å². The van der Waals surface area contributed by atoms with Crippen molar-refractivity contribution in [3.05, 3.63) is 89.2 Å². The minimum atomic E-state index is -4.08. The molecule has 3 aromatic rings. The molecule has 0 saturated carbocycles. The highest BCUT2D eigenvalue weighted by molar-refractivity contribution is 7.89. The van der Waals surface area contributed by atoms with E-state index in [2.05, 4.69) is 10.0 Å². The van der Waals surface area contributed by atoms with Gasteiger partial charge in [-0.05, 0) is 66.8 Å². The molecule has 2 N–H and O–H groups in total. The second-order valence-corrected chi connectivity index (χ2v) is 10.2. The maximum absolute atomic E-state index is 14.0. The number of nitrogens with zero attached hydrogens (tertiary/aromatic N) is 1. The molecule has 3 aromatic carbocycles. The normalized spacial score (nSPS) is 13.9. The SMILES string of the molecule is CC(=O)N1CCc2cc(S(=O)(=O)N[C@@H](Cc3ccccc3)C(=O)Nc3ccc(C)c(F)c3)ccc21. The van der Waals surface area contributed by atoms with Gasteiger partial charge in [-0.2, -0.15) is 4.72 Å². The monoisotopic (exact) mass is 495 g/mol. The zero-order valence-electron chi connectivity index (χ0n) is 19.4. The molecule has 1 heterocycles. The van der Waals surface area contributed by atoms with E-state index in [-0.39, 0.29) is 22.9 Å². The van der Waals surface area contributed by atoms with Gasteiger partial charge in [-0.1, -0.05) is 36.4 Å². The molecule has 0 unspecified atom stereocenters. The molecule has 1 atom stereocenters. The fourth-order valence-corrected chi connectivity index (χ4v) is 5.31. The van der Waals surface area contributed by atoms with Crippen molar-refractivity contribution in [1.82, 2.24) is 4.72 Å². The van der Waals surface area contributed by atoms with Gasteiger partial charge in [0.05, 0.1) is 4.90 Å². The lowest BCUT2D eigenvalue weighted by molar-refractivity contribution is -0.118. The van der Waals surface area contributed by atoms with Crippen LogP contribution in [0.5, 0.6) is 0 Å². The van der Waals surface area contributed by atoms with E-state index >= 15 is 0 Å². The number of carbonyl (C=O) groups excluding carboxylic acids is 2. The Hall–Kier alpha value is -3.56. The number of hydrogen-bond donors (Lipinski definition) is 2. The number of amides is 2. The molecule has 0 aliphatic carbocycles.